The van der Waals surface area contributed by atoms with E-state index in [1.807, 2.05) is 0 Å². The van der Waals surface area contributed by atoms with Crippen LogP contribution in [0.25, 0.3) is 6.08 Å². The fourth-order valence-electron chi connectivity index (χ4n) is 0.863. The van der Waals surface area contributed by atoms with Gasteiger partial charge in [0, 0.05) is 10.9 Å². The van der Waals surface area contributed by atoms with E-state index < -0.39 is 11.0 Å². The Bertz CT molecular complexity index is 368. The largest absolute Gasteiger partial charge is 0.389 e. The van der Waals surface area contributed by atoms with Crippen LogP contribution in [0.15, 0.2) is 17.7 Å². The van der Waals surface area contributed by atoms with Gasteiger partial charge in [-0.15, -0.1) is 0 Å². The standard InChI is InChI=1S/C9H11NO3S/c1-6(7(2)11)5-8-3-4-9(14-8)10(12)13/h3-5,7,11H,1-2H3/b6-5+. The van der Waals surface area contributed by atoms with E-state index in [0.29, 0.717) is 0 Å². The molecule has 5 heteroatoms. The molecule has 76 valence electrons. The van der Waals surface area contributed by atoms with Gasteiger partial charge in [-0.05, 0) is 31.6 Å². The molecule has 0 amide bonds. The van der Waals surface area contributed by atoms with Gasteiger partial charge in [-0.2, -0.15) is 0 Å². The number of aliphatic hydroxyl groups is 1. The highest BCUT2D eigenvalue weighted by Gasteiger charge is 2.08. The molecule has 0 aliphatic heterocycles. The van der Waals surface area contributed by atoms with Gasteiger partial charge in [-0.3, -0.25) is 10.1 Å². The van der Waals surface area contributed by atoms with E-state index in [9.17, 15) is 15.2 Å². The summed E-state index contributed by atoms with van der Waals surface area (Å²) in [6.45, 7) is 3.45. The van der Waals surface area contributed by atoms with Gasteiger partial charge in [0.05, 0.1) is 11.0 Å². The molecule has 1 aromatic rings. The van der Waals surface area contributed by atoms with Crippen molar-refractivity contribution in [1.82, 2.24) is 0 Å². The second-order valence-corrected chi connectivity index (χ2v) is 4.09. The van der Waals surface area contributed by atoms with Gasteiger partial charge in [0.25, 0.3) is 0 Å². The zero-order chi connectivity index (χ0) is 10.7. The second-order valence-electron chi connectivity index (χ2n) is 3.00. The van der Waals surface area contributed by atoms with Crippen LogP contribution in [0.4, 0.5) is 5.00 Å². The molecule has 4 nitrogen and oxygen atoms in total. The number of hydrogen-bond donors (Lipinski definition) is 1. The Hall–Kier alpha value is -1.20. The van der Waals surface area contributed by atoms with Crippen LogP contribution >= 0.6 is 11.3 Å². The molecule has 0 saturated carbocycles. The van der Waals surface area contributed by atoms with Crippen molar-refractivity contribution in [3.8, 4) is 0 Å². The second kappa shape index (κ2) is 4.34. The van der Waals surface area contributed by atoms with Crippen molar-refractivity contribution in [2.75, 3.05) is 0 Å². The molecule has 0 aliphatic carbocycles. The monoisotopic (exact) mass is 213 g/mol. The summed E-state index contributed by atoms with van der Waals surface area (Å²) in [5.74, 6) is 0. The maximum Gasteiger partial charge on any atom is 0.324 e. The molecule has 0 saturated heterocycles. The molecule has 0 aromatic carbocycles. The summed E-state index contributed by atoms with van der Waals surface area (Å²) < 4.78 is 0. The molecule has 14 heavy (non-hydrogen) atoms. The predicted molar refractivity (Wildman–Crippen MR) is 56.3 cm³/mol. The van der Waals surface area contributed by atoms with E-state index in [-0.39, 0.29) is 5.00 Å². The first-order valence-corrected chi connectivity index (χ1v) is 4.93. The minimum atomic E-state index is -0.517. The van der Waals surface area contributed by atoms with Crippen molar-refractivity contribution in [1.29, 1.82) is 0 Å². The predicted octanol–water partition coefficient (Wildman–Crippen LogP) is 2.44. The van der Waals surface area contributed by atoms with Crippen LogP contribution in [-0.2, 0) is 0 Å². The Kier molecular flexibility index (Phi) is 3.38. The Labute approximate surface area is 85.7 Å². The quantitative estimate of drug-likeness (QED) is 0.619. The van der Waals surface area contributed by atoms with Crippen LogP contribution < -0.4 is 0 Å². The van der Waals surface area contributed by atoms with E-state index in [1.165, 1.54) is 6.07 Å². The minimum Gasteiger partial charge on any atom is -0.389 e. The lowest BCUT2D eigenvalue weighted by atomic mass is 10.2. The highest BCUT2D eigenvalue weighted by Crippen LogP contribution is 2.26. The summed E-state index contributed by atoms with van der Waals surface area (Å²) in [5, 5.41) is 19.7. The van der Waals surface area contributed by atoms with Crippen LogP contribution in [0.2, 0.25) is 0 Å². The molecular formula is C9H11NO3S. The van der Waals surface area contributed by atoms with Crippen molar-refractivity contribution in [3.63, 3.8) is 0 Å². The summed E-state index contributed by atoms with van der Waals surface area (Å²) in [4.78, 5) is 10.7. The normalized spacial score (nSPS) is 14.1. The molecule has 0 radical (unpaired) electrons. The SMILES string of the molecule is C/C(=C\c1ccc([N+](=O)[O-])s1)C(C)O. The average Bonchev–Trinajstić information content (AvgIpc) is 2.52. The molecule has 0 aliphatic rings. The maximum absolute atomic E-state index is 10.4. The molecule has 1 aromatic heterocycles. The number of nitrogens with zero attached hydrogens (tertiary/aromatic N) is 1. The third-order valence-corrected chi connectivity index (χ3v) is 2.81. The van der Waals surface area contributed by atoms with Gasteiger partial charge in [-0.25, -0.2) is 0 Å². The lowest BCUT2D eigenvalue weighted by Gasteiger charge is -2.01. The average molecular weight is 213 g/mol. The summed E-state index contributed by atoms with van der Waals surface area (Å²) in [6.07, 6.45) is 1.23. The first-order valence-electron chi connectivity index (χ1n) is 4.11. The number of hydrogen-bond acceptors (Lipinski definition) is 4. The highest BCUT2D eigenvalue weighted by molar-refractivity contribution is 7.16. The Morgan fingerprint density at radius 3 is 2.79 bits per heavy atom. The van der Waals surface area contributed by atoms with E-state index in [2.05, 4.69) is 0 Å². The fourth-order valence-corrected chi connectivity index (χ4v) is 1.70. The Morgan fingerprint density at radius 2 is 2.36 bits per heavy atom. The summed E-state index contributed by atoms with van der Waals surface area (Å²) >= 11 is 1.10. The fraction of sp³-hybridized carbons (Fsp3) is 0.333. The van der Waals surface area contributed by atoms with Crippen molar-refractivity contribution in [2.24, 2.45) is 0 Å². The van der Waals surface area contributed by atoms with Gasteiger partial charge in [0.2, 0.25) is 0 Å². The molecule has 1 atom stereocenters. The van der Waals surface area contributed by atoms with Crippen LogP contribution in [0.3, 0.4) is 0 Å². The van der Waals surface area contributed by atoms with E-state index in [0.717, 1.165) is 21.8 Å². The van der Waals surface area contributed by atoms with Gasteiger partial charge in [0.15, 0.2) is 0 Å². The lowest BCUT2D eigenvalue weighted by molar-refractivity contribution is -0.380. The molecule has 1 unspecified atom stereocenters. The van der Waals surface area contributed by atoms with Gasteiger partial charge in [0.1, 0.15) is 0 Å². The third kappa shape index (κ3) is 2.65. The van der Waals surface area contributed by atoms with Gasteiger partial charge < -0.3 is 5.11 Å². The van der Waals surface area contributed by atoms with E-state index >= 15 is 0 Å². The molecule has 1 N–H and O–H groups in total. The van der Waals surface area contributed by atoms with Gasteiger partial charge >= 0.3 is 5.00 Å². The van der Waals surface area contributed by atoms with Gasteiger partial charge in [-0.1, -0.05) is 11.3 Å². The van der Waals surface area contributed by atoms with E-state index in [4.69, 9.17) is 0 Å². The number of thiophene rings is 1. The molecule has 0 spiro atoms. The Morgan fingerprint density at radius 1 is 1.71 bits per heavy atom. The van der Waals surface area contributed by atoms with Crippen LogP contribution in [0.1, 0.15) is 18.7 Å². The van der Waals surface area contributed by atoms with Crippen molar-refractivity contribution < 1.29 is 10.0 Å². The van der Waals surface area contributed by atoms with Crippen LogP contribution in [0.5, 0.6) is 0 Å². The minimum absolute atomic E-state index is 0.120. The van der Waals surface area contributed by atoms with Crippen molar-refractivity contribution in [2.45, 2.75) is 20.0 Å². The van der Waals surface area contributed by atoms with Crippen LogP contribution in [0, 0.1) is 10.1 Å². The Balaban J connectivity index is 2.88. The first-order chi connectivity index (χ1) is 6.50. The zero-order valence-electron chi connectivity index (χ0n) is 7.93. The number of aliphatic hydroxyl groups excluding tert-OH is 1. The molecular weight excluding hydrogens is 202 g/mol. The highest BCUT2D eigenvalue weighted by atomic mass is 32.1. The number of rotatable bonds is 3. The molecule has 1 rings (SSSR count). The lowest BCUT2D eigenvalue weighted by Crippen LogP contribution is -1.99. The third-order valence-electron chi connectivity index (χ3n) is 1.82. The van der Waals surface area contributed by atoms with Crippen LogP contribution in [-0.4, -0.2) is 16.1 Å². The zero-order valence-corrected chi connectivity index (χ0v) is 8.75. The van der Waals surface area contributed by atoms with Crippen molar-refractivity contribution in [3.05, 3.63) is 32.7 Å². The summed E-state index contributed by atoms with van der Waals surface area (Å²) in [5.41, 5.74) is 0.793. The first kappa shape index (κ1) is 10.9. The molecule has 0 bridgehead atoms. The summed E-state index contributed by atoms with van der Waals surface area (Å²) in [7, 11) is 0. The number of nitro groups is 1. The topological polar surface area (TPSA) is 63.4 Å². The summed E-state index contributed by atoms with van der Waals surface area (Å²) in [6, 6.07) is 3.14. The molecule has 0 fully saturated rings. The van der Waals surface area contributed by atoms with Crippen molar-refractivity contribution >= 4 is 22.4 Å². The molecule has 1 heterocycles. The smallest absolute Gasteiger partial charge is 0.324 e. The maximum atomic E-state index is 10.4. The van der Waals surface area contributed by atoms with E-state index in [1.54, 1.807) is 26.0 Å².